The highest BCUT2D eigenvalue weighted by Gasteiger charge is 2.29. The van der Waals surface area contributed by atoms with Gasteiger partial charge in [0.2, 0.25) is 5.91 Å². The number of nitrogens with one attached hydrogen (secondary N) is 1. The van der Waals surface area contributed by atoms with Crippen molar-refractivity contribution in [2.24, 2.45) is 0 Å². The Labute approximate surface area is 153 Å². The fourth-order valence-corrected chi connectivity index (χ4v) is 3.85. The van der Waals surface area contributed by atoms with E-state index in [1.165, 1.54) is 5.56 Å². The number of hydrogen-bond donors (Lipinski definition) is 1. The quantitative estimate of drug-likeness (QED) is 0.915. The van der Waals surface area contributed by atoms with Crippen molar-refractivity contribution in [2.75, 3.05) is 29.9 Å². The first-order valence-corrected chi connectivity index (χ1v) is 9.22. The van der Waals surface area contributed by atoms with E-state index in [2.05, 4.69) is 17.4 Å². The lowest BCUT2D eigenvalue weighted by molar-refractivity contribution is -0.117. The molecule has 2 aromatic rings. The highest BCUT2D eigenvalue weighted by molar-refractivity contribution is 6.01. The molecule has 2 aliphatic heterocycles. The largest absolute Gasteiger partial charge is 0.324 e. The van der Waals surface area contributed by atoms with Crippen molar-refractivity contribution in [3.8, 4) is 0 Å². The van der Waals surface area contributed by atoms with Gasteiger partial charge in [-0.1, -0.05) is 42.5 Å². The average molecular weight is 349 g/mol. The summed E-state index contributed by atoms with van der Waals surface area (Å²) >= 11 is 0. The van der Waals surface area contributed by atoms with E-state index in [1.807, 2.05) is 47.4 Å². The zero-order valence-electron chi connectivity index (χ0n) is 14.7. The molecule has 0 bridgehead atoms. The lowest BCUT2D eigenvalue weighted by Gasteiger charge is -2.22. The van der Waals surface area contributed by atoms with E-state index in [0.717, 1.165) is 31.6 Å². The molecule has 0 radical (unpaired) electrons. The molecule has 2 heterocycles. The zero-order chi connectivity index (χ0) is 17.9. The van der Waals surface area contributed by atoms with Crippen LogP contribution in [0.1, 0.15) is 30.7 Å². The summed E-state index contributed by atoms with van der Waals surface area (Å²) in [7, 11) is 0. The molecule has 3 amide bonds. The van der Waals surface area contributed by atoms with Crippen LogP contribution in [-0.2, 0) is 4.79 Å². The summed E-state index contributed by atoms with van der Waals surface area (Å²) in [5.41, 5.74) is 2.78. The summed E-state index contributed by atoms with van der Waals surface area (Å²) in [6.45, 7) is 2.18. The second-order valence-corrected chi connectivity index (χ2v) is 6.94. The van der Waals surface area contributed by atoms with Gasteiger partial charge in [0, 0.05) is 32.0 Å². The van der Waals surface area contributed by atoms with Crippen LogP contribution in [0.25, 0.3) is 0 Å². The number of nitrogens with zero attached hydrogens (tertiary/aromatic N) is 2. The second kappa shape index (κ2) is 7.20. The van der Waals surface area contributed by atoms with E-state index in [9.17, 15) is 9.59 Å². The molecular formula is C21H23N3O2. The van der Waals surface area contributed by atoms with Crippen molar-refractivity contribution in [2.45, 2.75) is 25.2 Å². The van der Waals surface area contributed by atoms with Crippen LogP contribution >= 0.6 is 0 Å². The Morgan fingerprint density at radius 2 is 1.77 bits per heavy atom. The van der Waals surface area contributed by atoms with Gasteiger partial charge >= 0.3 is 6.03 Å². The van der Waals surface area contributed by atoms with Crippen LogP contribution in [0.2, 0.25) is 0 Å². The molecule has 2 saturated heterocycles. The SMILES string of the molecule is O=C(Nc1ccccc1N1CCCC1=O)N1CC[C@@H](c2ccccc2)C1. The van der Waals surface area contributed by atoms with Crippen LogP contribution in [0.5, 0.6) is 0 Å². The summed E-state index contributed by atoms with van der Waals surface area (Å²) in [4.78, 5) is 28.5. The average Bonchev–Trinajstić information content (AvgIpc) is 3.32. The highest BCUT2D eigenvalue weighted by Crippen LogP contribution is 2.31. The van der Waals surface area contributed by atoms with Gasteiger partial charge in [0.25, 0.3) is 0 Å². The van der Waals surface area contributed by atoms with Crippen LogP contribution in [-0.4, -0.2) is 36.5 Å². The van der Waals surface area contributed by atoms with E-state index in [4.69, 9.17) is 0 Å². The monoisotopic (exact) mass is 349 g/mol. The standard InChI is InChI=1S/C21H23N3O2/c25-20-11-6-13-24(20)19-10-5-4-9-18(19)22-21(26)23-14-12-17(15-23)16-7-2-1-3-8-16/h1-5,7-10,17H,6,11-15H2,(H,22,26)/t17-/m1/s1. The first-order valence-electron chi connectivity index (χ1n) is 9.22. The summed E-state index contributed by atoms with van der Waals surface area (Å²) in [6.07, 6.45) is 2.42. The summed E-state index contributed by atoms with van der Waals surface area (Å²) in [6, 6.07) is 17.8. The van der Waals surface area contributed by atoms with Crippen LogP contribution < -0.4 is 10.2 Å². The third-order valence-electron chi connectivity index (χ3n) is 5.26. The Balaban J connectivity index is 1.45. The van der Waals surface area contributed by atoms with Crippen molar-refractivity contribution >= 4 is 23.3 Å². The number of anilines is 2. The number of carbonyl (C=O) groups is 2. The number of carbonyl (C=O) groups excluding carboxylic acids is 2. The molecule has 0 saturated carbocycles. The Morgan fingerprint density at radius 3 is 2.54 bits per heavy atom. The fraction of sp³-hybridized carbons (Fsp3) is 0.333. The number of hydrogen-bond acceptors (Lipinski definition) is 2. The van der Waals surface area contributed by atoms with E-state index in [-0.39, 0.29) is 11.9 Å². The van der Waals surface area contributed by atoms with Gasteiger partial charge in [-0.3, -0.25) is 4.79 Å². The second-order valence-electron chi connectivity index (χ2n) is 6.94. The number of benzene rings is 2. The van der Waals surface area contributed by atoms with Gasteiger partial charge in [0.15, 0.2) is 0 Å². The van der Waals surface area contributed by atoms with Crippen LogP contribution in [0.3, 0.4) is 0 Å². The molecule has 1 atom stereocenters. The predicted octanol–water partition coefficient (Wildman–Crippen LogP) is 3.83. The number of likely N-dealkylation sites (tertiary alicyclic amines) is 1. The van der Waals surface area contributed by atoms with Crippen LogP contribution in [0.4, 0.5) is 16.2 Å². The third-order valence-corrected chi connectivity index (χ3v) is 5.26. The van der Waals surface area contributed by atoms with Crippen molar-refractivity contribution in [1.82, 2.24) is 4.90 Å². The van der Waals surface area contributed by atoms with Crippen molar-refractivity contribution in [3.63, 3.8) is 0 Å². The number of amides is 3. The summed E-state index contributed by atoms with van der Waals surface area (Å²) < 4.78 is 0. The molecule has 26 heavy (non-hydrogen) atoms. The summed E-state index contributed by atoms with van der Waals surface area (Å²) in [5.74, 6) is 0.509. The first kappa shape index (κ1) is 16.6. The topological polar surface area (TPSA) is 52.7 Å². The molecule has 0 aromatic heterocycles. The lowest BCUT2D eigenvalue weighted by Crippen LogP contribution is -2.34. The molecule has 0 unspecified atom stereocenters. The van der Waals surface area contributed by atoms with Gasteiger partial charge in [-0.05, 0) is 30.5 Å². The van der Waals surface area contributed by atoms with Gasteiger partial charge in [0.1, 0.15) is 0 Å². The third kappa shape index (κ3) is 3.29. The molecule has 2 fully saturated rings. The first-order chi connectivity index (χ1) is 12.7. The Kier molecular flexibility index (Phi) is 4.61. The van der Waals surface area contributed by atoms with Gasteiger partial charge in [0.05, 0.1) is 11.4 Å². The molecular weight excluding hydrogens is 326 g/mol. The van der Waals surface area contributed by atoms with Crippen molar-refractivity contribution in [3.05, 3.63) is 60.2 Å². The number of urea groups is 1. The zero-order valence-corrected chi connectivity index (χ0v) is 14.7. The van der Waals surface area contributed by atoms with Gasteiger partial charge in [-0.25, -0.2) is 4.79 Å². The minimum atomic E-state index is -0.0949. The van der Waals surface area contributed by atoms with Crippen LogP contribution in [0.15, 0.2) is 54.6 Å². The van der Waals surface area contributed by atoms with Crippen molar-refractivity contribution in [1.29, 1.82) is 0 Å². The molecule has 1 N–H and O–H groups in total. The Bertz CT molecular complexity index is 806. The van der Waals surface area contributed by atoms with E-state index in [1.54, 1.807) is 4.90 Å². The maximum Gasteiger partial charge on any atom is 0.321 e. The summed E-state index contributed by atoms with van der Waals surface area (Å²) in [5, 5.41) is 3.02. The molecule has 2 aliphatic rings. The molecule has 4 rings (SSSR count). The van der Waals surface area contributed by atoms with E-state index in [0.29, 0.717) is 24.6 Å². The van der Waals surface area contributed by atoms with E-state index < -0.39 is 0 Å². The maximum atomic E-state index is 12.8. The minimum Gasteiger partial charge on any atom is -0.324 e. The fourth-order valence-electron chi connectivity index (χ4n) is 3.85. The van der Waals surface area contributed by atoms with Gasteiger partial charge in [-0.15, -0.1) is 0 Å². The molecule has 2 aromatic carbocycles. The molecule has 0 spiro atoms. The molecule has 0 aliphatic carbocycles. The van der Waals surface area contributed by atoms with Crippen LogP contribution in [0, 0.1) is 0 Å². The number of para-hydroxylation sites is 2. The smallest absolute Gasteiger partial charge is 0.321 e. The number of rotatable bonds is 3. The molecule has 134 valence electrons. The van der Waals surface area contributed by atoms with E-state index >= 15 is 0 Å². The highest BCUT2D eigenvalue weighted by atomic mass is 16.2. The normalized spacial score (nSPS) is 19.8. The lowest BCUT2D eigenvalue weighted by atomic mass is 9.99. The molecule has 5 heteroatoms. The minimum absolute atomic E-state index is 0.0949. The Morgan fingerprint density at radius 1 is 1.00 bits per heavy atom. The van der Waals surface area contributed by atoms with Gasteiger partial charge in [-0.2, -0.15) is 0 Å². The molecule has 5 nitrogen and oxygen atoms in total. The van der Waals surface area contributed by atoms with Crippen molar-refractivity contribution < 1.29 is 9.59 Å². The van der Waals surface area contributed by atoms with Gasteiger partial charge < -0.3 is 15.1 Å². The Hall–Kier alpha value is -2.82. The maximum absolute atomic E-state index is 12.8. The predicted molar refractivity (Wildman–Crippen MR) is 102 cm³/mol.